The molecule has 12 rings (SSSR count). The van der Waals surface area contributed by atoms with Gasteiger partial charge in [-0.1, -0.05) is 54.6 Å². The third-order valence-electron chi connectivity index (χ3n) is 10.5. The highest BCUT2D eigenvalue weighted by Gasteiger charge is 2.24. The van der Waals surface area contributed by atoms with E-state index >= 15 is 0 Å². The highest BCUT2D eigenvalue weighted by Crippen LogP contribution is 2.45. The monoisotopic (exact) mass is 700 g/mol. The summed E-state index contributed by atoms with van der Waals surface area (Å²) in [4.78, 5) is 14.2. The van der Waals surface area contributed by atoms with Crippen LogP contribution in [-0.4, -0.2) is 25.6 Å². The summed E-state index contributed by atoms with van der Waals surface area (Å²) in [6.45, 7) is 0.651. The van der Waals surface area contributed by atoms with Crippen LogP contribution in [0.4, 0.5) is 11.4 Å². The molecule has 9 heteroatoms. The van der Waals surface area contributed by atoms with Gasteiger partial charge in [-0.25, -0.2) is 9.97 Å². The number of nitrogens with zero attached hydrogens (tertiary/aromatic N) is 6. The number of aromatic nitrogens is 4. The fraction of sp³-hybridized carbons (Fsp3) is 0.0222. The van der Waals surface area contributed by atoms with Crippen molar-refractivity contribution in [2.45, 2.75) is 0 Å². The molecular formula is C45H28N6O3. The second kappa shape index (κ2) is 11.0. The van der Waals surface area contributed by atoms with E-state index in [0.29, 0.717) is 23.8 Å². The van der Waals surface area contributed by atoms with Crippen LogP contribution in [0.25, 0.3) is 77.5 Å². The summed E-state index contributed by atoms with van der Waals surface area (Å²) in [7, 11) is 0. The van der Waals surface area contributed by atoms with Crippen molar-refractivity contribution in [3.8, 4) is 17.3 Å². The normalized spacial score (nSPS) is 13.3. The van der Waals surface area contributed by atoms with Gasteiger partial charge in [0.15, 0.2) is 11.3 Å². The van der Waals surface area contributed by atoms with Crippen molar-refractivity contribution < 1.29 is 13.6 Å². The number of furan rings is 2. The Balaban J connectivity index is 1.06. The molecule has 0 N–H and O–H groups in total. The lowest BCUT2D eigenvalue weighted by Crippen LogP contribution is -2.24. The van der Waals surface area contributed by atoms with Crippen LogP contribution in [0.3, 0.4) is 0 Å². The van der Waals surface area contributed by atoms with Gasteiger partial charge in [0.1, 0.15) is 28.3 Å². The SMILES string of the molecule is C1=CN(c2cc(Oc3ccc4c(c3)n(-c3ccccn3)c3nc5ccccc5n43)c3oc4c(ccc5oc6ccccc6c54)c3c2)CN1c1ccccc1. The van der Waals surface area contributed by atoms with Crippen molar-refractivity contribution in [2.24, 2.45) is 0 Å². The lowest BCUT2D eigenvalue weighted by atomic mass is 10.1. The third kappa shape index (κ3) is 4.20. The molecule has 0 unspecified atom stereocenters. The lowest BCUT2D eigenvalue weighted by molar-refractivity contribution is 0.477. The Labute approximate surface area is 306 Å². The van der Waals surface area contributed by atoms with Crippen molar-refractivity contribution in [1.29, 1.82) is 0 Å². The van der Waals surface area contributed by atoms with Gasteiger partial charge in [-0.3, -0.25) is 8.97 Å². The molecule has 6 heterocycles. The molecular weight excluding hydrogens is 673 g/mol. The molecule has 0 saturated heterocycles. The molecule has 0 saturated carbocycles. The highest BCUT2D eigenvalue weighted by molar-refractivity contribution is 6.22. The van der Waals surface area contributed by atoms with Crippen LogP contribution in [0, 0.1) is 0 Å². The van der Waals surface area contributed by atoms with Crippen LogP contribution in [0.5, 0.6) is 11.5 Å². The number of hydrogen-bond donors (Lipinski definition) is 0. The van der Waals surface area contributed by atoms with Gasteiger partial charge in [0, 0.05) is 58.3 Å². The van der Waals surface area contributed by atoms with Crippen molar-refractivity contribution in [2.75, 3.05) is 16.5 Å². The molecule has 1 aliphatic heterocycles. The lowest BCUT2D eigenvalue weighted by Gasteiger charge is -2.22. The van der Waals surface area contributed by atoms with Crippen LogP contribution in [0.15, 0.2) is 167 Å². The maximum Gasteiger partial charge on any atom is 0.221 e. The molecule has 5 aromatic heterocycles. The number of pyridine rings is 1. The minimum absolute atomic E-state index is 0.608. The fourth-order valence-electron chi connectivity index (χ4n) is 8.00. The Hall–Kier alpha value is -7.52. The molecule has 11 aromatic rings. The van der Waals surface area contributed by atoms with Gasteiger partial charge in [-0.2, -0.15) is 0 Å². The highest BCUT2D eigenvalue weighted by atomic mass is 16.5. The van der Waals surface area contributed by atoms with E-state index in [2.05, 4.69) is 97.9 Å². The minimum atomic E-state index is 0.608. The van der Waals surface area contributed by atoms with E-state index in [1.165, 1.54) is 0 Å². The molecule has 9 nitrogen and oxygen atoms in total. The molecule has 0 bridgehead atoms. The van der Waals surface area contributed by atoms with Gasteiger partial charge >= 0.3 is 0 Å². The summed E-state index contributed by atoms with van der Waals surface area (Å²) < 4.78 is 24.3. The van der Waals surface area contributed by atoms with E-state index in [4.69, 9.17) is 23.5 Å². The number of rotatable bonds is 5. The van der Waals surface area contributed by atoms with Crippen LogP contribution in [0.1, 0.15) is 0 Å². The summed E-state index contributed by atoms with van der Waals surface area (Å²) in [5.41, 5.74) is 9.01. The maximum atomic E-state index is 6.93. The van der Waals surface area contributed by atoms with Crippen LogP contribution in [-0.2, 0) is 0 Å². The number of fused-ring (bicyclic) bond motifs is 12. The summed E-state index contributed by atoms with van der Waals surface area (Å²) in [5, 5.41) is 3.91. The zero-order valence-corrected chi connectivity index (χ0v) is 28.6. The van der Waals surface area contributed by atoms with Crippen LogP contribution in [0.2, 0.25) is 0 Å². The predicted octanol–water partition coefficient (Wildman–Crippen LogP) is 11.2. The number of para-hydroxylation sites is 4. The molecule has 1 aliphatic rings. The van der Waals surface area contributed by atoms with Crippen molar-refractivity contribution in [3.63, 3.8) is 0 Å². The van der Waals surface area contributed by atoms with E-state index < -0.39 is 0 Å². The van der Waals surface area contributed by atoms with Crippen molar-refractivity contribution >= 4 is 83.1 Å². The number of ether oxygens (including phenoxy) is 1. The van der Waals surface area contributed by atoms with Gasteiger partial charge in [0.25, 0.3) is 0 Å². The first-order valence-electron chi connectivity index (χ1n) is 17.8. The molecule has 0 amide bonds. The number of hydrogen-bond acceptors (Lipinski definition) is 7. The maximum absolute atomic E-state index is 6.93. The standard InChI is InChI=1S/C45H28N6O3/c1-2-10-28(11-3-1)48-22-23-49(27-48)29-24-33-31-18-20-39-42(32-12-4-7-15-38(32)53-39)44(31)54-43(33)40(25-29)52-30-17-19-36-37(26-30)51(41-16-8-9-21-46-41)45-47-34-13-5-6-14-35(34)50(36)45/h1-26H,27H2. The average molecular weight is 701 g/mol. The Morgan fingerprint density at radius 1 is 0.574 bits per heavy atom. The molecule has 0 aliphatic carbocycles. The van der Waals surface area contributed by atoms with Gasteiger partial charge in [-0.15, -0.1) is 0 Å². The van der Waals surface area contributed by atoms with Gasteiger partial charge in [0.05, 0.1) is 34.1 Å². The van der Waals surface area contributed by atoms with Crippen molar-refractivity contribution in [3.05, 3.63) is 158 Å². The second-order valence-electron chi connectivity index (χ2n) is 13.6. The largest absolute Gasteiger partial charge is 0.456 e. The Morgan fingerprint density at radius 3 is 2.31 bits per heavy atom. The first-order chi connectivity index (χ1) is 26.7. The van der Waals surface area contributed by atoms with E-state index in [1.54, 1.807) is 6.20 Å². The first kappa shape index (κ1) is 29.1. The van der Waals surface area contributed by atoms with E-state index in [-0.39, 0.29) is 0 Å². The number of imidazole rings is 2. The summed E-state index contributed by atoms with van der Waals surface area (Å²) in [5.74, 6) is 2.82. The Kier molecular flexibility index (Phi) is 5.92. The zero-order valence-electron chi connectivity index (χ0n) is 28.6. The van der Waals surface area contributed by atoms with Crippen molar-refractivity contribution in [1.82, 2.24) is 18.9 Å². The molecule has 6 aromatic carbocycles. The topological polar surface area (TPSA) is 77.1 Å². The van der Waals surface area contributed by atoms with Crippen LogP contribution < -0.4 is 14.5 Å². The third-order valence-corrected chi connectivity index (χ3v) is 10.5. The number of benzene rings is 6. The molecule has 0 spiro atoms. The number of anilines is 2. The zero-order chi connectivity index (χ0) is 35.3. The minimum Gasteiger partial charge on any atom is -0.456 e. The van der Waals surface area contributed by atoms with Crippen LogP contribution >= 0.6 is 0 Å². The van der Waals surface area contributed by atoms with Gasteiger partial charge < -0.3 is 23.4 Å². The van der Waals surface area contributed by atoms with E-state index in [1.807, 2.05) is 72.8 Å². The summed E-state index contributed by atoms with van der Waals surface area (Å²) in [6.07, 6.45) is 6.01. The molecule has 0 atom stereocenters. The Morgan fingerprint density at radius 2 is 1.41 bits per heavy atom. The first-order valence-corrected chi connectivity index (χ1v) is 17.8. The Bertz CT molecular complexity index is 3300. The summed E-state index contributed by atoms with van der Waals surface area (Å²) >= 11 is 0. The molecule has 0 fully saturated rings. The second-order valence-corrected chi connectivity index (χ2v) is 13.6. The van der Waals surface area contributed by atoms with Gasteiger partial charge in [-0.05, 0) is 72.8 Å². The smallest absolute Gasteiger partial charge is 0.221 e. The predicted molar refractivity (Wildman–Crippen MR) is 214 cm³/mol. The average Bonchev–Trinajstić information content (AvgIpc) is 4.05. The summed E-state index contributed by atoms with van der Waals surface area (Å²) in [6, 6.07) is 47.1. The van der Waals surface area contributed by atoms with E-state index in [0.717, 1.165) is 83.3 Å². The van der Waals surface area contributed by atoms with Gasteiger partial charge in [0.2, 0.25) is 5.78 Å². The fourth-order valence-corrected chi connectivity index (χ4v) is 8.00. The molecule has 256 valence electrons. The molecule has 54 heavy (non-hydrogen) atoms. The quantitative estimate of drug-likeness (QED) is 0.177. The van der Waals surface area contributed by atoms with E-state index in [9.17, 15) is 0 Å². The molecule has 0 radical (unpaired) electrons.